The molecule has 128 valence electrons. The van der Waals surface area contributed by atoms with Crippen molar-refractivity contribution in [3.63, 3.8) is 0 Å². The number of ketones is 1. The van der Waals surface area contributed by atoms with Gasteiger partial charge in [-0.3, -0.25) is 14.9 Å². The molecule has 2 aromatic rings. The monoisotopic (exact) mass is 377 g/mol. The van der Waals surface area contributed by atoms with Gasteiger partial charge in [0.2, 0.25) is 17.2 Å². The Morgan fingerprint density at radius 3 is 2.52 bits per heavy atom. The Morgan fingerprint density at radius 2 is 1.84 bits per heavy atom. The molecule has 7 heteroatoms. The van der Waals surface area contributed by atoms with E-state index in [-0.39, 0.29) is 10.9 Å². The number of hydrogen-bond acceptors (Lipinski definition) is 4. The summed E-state index contributed by atoms with van der Waals surface area (Å²) in [6.07, 6.45) is 0. The minimum atomic E-state index is -1.59. The third-order valence-electron chi connectivity index (χ3n) is 3.88. The van der Waals surface area contributed by atoms with E-state index in [4.69, 9.17) is 27.9 Å². The van der Waals surface area contributed by atoms with Crippen LogP contribution in [0.25, 0.3) is 0 Å². The van der Waals surface area contributed by atoms with E-state index in [9.17, 15) is 14.7 Å². The highest BCUT2D eigenvalue weighted by molar-refractivity contribution is 6.34. The molecule has 0 fully saturated rings. The van der Waals surface area contributed by atoms with Crippen molar-refractivity contribution in [2.24, 2.45) is 0 Å². The van der Waals surface area contributed by atoms with Gasteiger partial charge in [0.15, 0.2) is 0 Å². The number of amides is 1. The van der Waals surface area contributed by atoms with E-state index in [2.05, 4.69) is 5.32 Å². The molecule has 0 aliphatic carbocycles. The zero-order chi connectivity index (χ0) is 18.2. The van der Waals surface area contributed by atoms with E-state index in [1.807, 2.05) is 0 Å². The number of nitrogens with one attached hydrogen (secondary N) is 1. The topological polar surface area (TPSA) is 75.6 Å². The molecule has 5 nitrogen and oxygen atoms in total. The van der Waals surface area contributed by atoms with Crippen molar-refractivity contribution in [1.82, 2.24) is 5.32 Å². The fourth-order valence-electron chi connectivity index (χ4n) is 2.52. The number of rotatable bonds is 3. The lowest BCUT2D eigenvalue weighted by Gasteiger charge is -2.24. The molecule has 1 amide bonds. The molecule has 1 aliphatic heterocycles. The highest BCUT2D eigenvalue weighted by Crippen LogP contribution is 2.41. The molecule has 0 saturated carbocycles. The number of hydrogen-bond donors (Lipinski definition) is 2. The van der Waals surface area contributed by atoms with Crippen molar-refractivity contribution in [1.29, 1.82) is 0 Å². The number of carbonyl (C=O) groups is 2. The van der Waals surface area contributed by atoms with Crippen LogP contribution in [0.3, 0.4) is 0 Å². The molecular weight excluding hydrogens is 365 g/mol. The molecule has 1 aliphatic rings. The number of Topliss-reactive ketones (excluding diaryl/α,β-unsaturated/α-hetero) is 1. The summed E-state index contributed by atoms with van der Waals surface area (Å²) in [4.78, 5) is 24.8. The summed E-state index contributed by atoms with van der Waals surface area (Å²) >= 11 is 12.1. The predicted molar refractivity (Wildman–Crippen MR) is 93.5 cm³/mol. The van der Waals surface area contributed by atoms with Crippen molar-refractivity contribution in [2.75, 3.05) is 0 Å². The molecule has 0 saturated heterocycles. The van der Waals surface area contributed by atoms with Crippen LogP contribution in [0.15, 0.2) is 60.2 Å². The van der Waals surface area contributed by atoms with Gasteiger partial charge in [0.25, 0.3) is 11.7 Å². The standard InChI is InChI=1S/C18H13Cl2NO4/c1-18(12-9-11(19)7-8-13(12)20)15(23)14(22)17(25-18)21-16(24)10-5-3-2-4-6-10/h2-9,22H,1H3,(H,21,24). The zero-order valence-electron chi connectivity index (χ0n) is 13.0. The Hall–Kier alpha value is -2.50. The van der Waals surface area contributed by atoms with Gasteiger partial charge in [-0.15, -0.1) is 0 Å². The quantitative estimate of drug-likeness (QED) is 0.848. The van der Waals surface area contributed by atoms with Crippen LogP contribution in [0.1, 0.15) is 22.8 Å². The first kappa shape index (κ1) is 17.3. The van der Waals surface area contributed by atoms with Crippen LogP contribution < -0.4 is 5.32 Å². The first-order valence-electron chi connectivity index (χ1n) is 7.32. The summed E-state index contributed by atoms with van der Waals surface area (Å²) < 4.78 is 5.59. The number of aliphatic hydroxyl groups is 1. The van der Waals surface area contributed by atoms with Gasteiger partial charge >= 0.3 is 0 Å². The van der Waals surface area contributed by atoms with E-state index >= 15 is 0 Å². The summed E-state index contributed by atoms with van der Waals surface area (Å²) in [5, 5.41) is 13.1. The molecule has 25 heavy (non-hydrogen) atoms. The van der Waals surface area contributed by atoms with Gasteiger partial charge in [0, 0.05) is 21.2 Å². The lowest BCUT2D eigenvalue weighted by molar-refractivity contribution is -0.131. The molecule has 2 N–H and O–H groups in total. The fraction of sp³-hybridized carbons (Fsp3) is 0.111. The van der Waals surface area contributed by atoms with Crippen LogP contribution in [-0.2, 0) is 15.1 Å². The predicted octanol–water partition coefficient (Wildman–Crippen LogP) is 3.97. The number of carbonyl (C=O) groups excluding carboxylic acids is 2. The van der Waals surface area contributed by atoms with Crippen LogP contribution in [0.2, 0.25) is 10.0 Å². The summed E-state index contributed by atoms with van der Waals surface area (Å²) in [6, 6.07) is 12.9. The van der Waals surface area contributed by atoms with Crippen molar-refractivity contribution in [3.05, 3.63) is 81.3 Å². The third-order valence-corrected chi connectivity index (χ3v) is 4.44. The average molecular weight is 378 g/mol. The molecule has 1 unspecified atom stereocenters. The number of halogens is 2. The second kappa shape index (κ2) is 6.43. The molecule has 3 rings (SSSR count). The Labute approximate surface area is 153 Å². The minimum Gasteiger partial charge on any atom is -0.501 e. The maximum atomic E-state index is 12.5. The molecule has 2 aromatic carbocycles. The molecule has 0 radical (unpaired) electrons. The van der Waals surface area contributed by atoms with Crippen molar-refractivity contribution >= 4 is 34.9 Å². The van der Waals surface area contributed by atoms with Gasteiger partial charge in [-0.25, -0.2) is 0 Å². The van der Waals surface area contributed by atoms with Crippen molar-refractivity contribution in [3.8, 4) is 0 Å². The molecule has 0 bridgehead atoms. The Kier molecular flexibility index (Phi) is 4.45. The zero-order valence-corrected chi connectivity index (χ0v) is 14.6. The summed E-state index contributed by atoms with van der Waals surface area (Å²) in [6.45, 7) is 1.45. The molecule has 0 spiro atoms. The largest absolute Gasteiger partial charge is 0.501 e. The van der Waals surface area contributed by atoms with Crippen LogP contribution in [0.4, 0.5) is 0 Å². The second-order valence-corrected chi connectivity index (χ2v) is 6.43. The van der Waals surface area contributed by atoms with Crippen LogP contribution >= 0.6 is 23.2 Å². The van der Waals surface area contributed by atoms with Crippen molar-refractivity contribution < 1.29 is 19.4 Å². The number of aliphatic hydroxyl groups excluding tert-OH is 1. The van der Waals surface area contributed by atoms with E-state index in [1.165, 1.54) is 19.1 Å². The van der Waals surface area contributed by atoms with Gasteiger partial charge in [-0.2, -0.15) is 0 Å². The van der Waals surface area contributed by atoms with E-state index in [0.29, 0.717) is 16.1 Å². The number of ether oxygens (including phenoxy) is 1. The first-order valence-corrected chi connectivity index (χ1v) is 8.07. The highest BCUT2D eigenvalue weighted by Gasteiger charge is 2.49. The van der Waals surface area contributed by atoms with Gasteiger partial charge < -0.3 is 9.84 Å². The van der Waals surface area contributed by atoms with Crippen molar-refractivity contribution in [2.45, 2.75) is 12.5 Å². The van der Waals surface area contributed by atoms with Gasteiger partial charge in [0.1, 0.15) is 0 Å². The first-order chi connectivity index (χ1) is 11.8. The maximum Gasteiger partial charge on any atom is 0.258 e. The third kappa shape index (κ3) is 3.08. The lowest BCUT2D eigenvalue weighted by Crippen LogP contribution is -2.32. The van der Waals surface area contributed by atoms with Gasteiger partial charge in [-0.05, 0) is 37.3 Å². The Bertz CT molecular complexity index is 895. The molecular formula is C18H13Cl2NO4. The summed E-state index contributed by atoms with van der Waals surface area (Å²) in [7, 11) is 0. The Morgan fingerprint density at radius 1 is 1.16 bits per heavy atom. The highest BCUT2D eigenvalue weighted by atomic mass is 35.5. The van der Waals surface area contributed by atoms with Crippen LogP contribution in [-0.4, -0.2) is 16.8 Å². The minimum absolute atomic E-state index is 0.253. The Balaban J connectivity index is 1.90. The summed E-state index contributed by atoms with van der Waals surface area (Å²) in [5.41, 5.74) is -0.943. The lowest BCUT2D eigenvalue weighted by atomic mass is 9.91. The smallest absolute Gasteiger partial charge is 0.258 e. The van der Waals surface area contributed by atoms with E-state index in [0.717, 1.165) is 0 Å². The average Bonchev–Trinajstić information content (AvgIpc) is 2.82. The van der Waals surface area contributed by atoms with Crippen LogP contribution in [0.5, 0.6) is 0 Å². The SMILES string of the molecule is CC1(c2cc(Cl)ccc2Cl)OC(NC(=O)c2ccccc2)=C(O)C1=O. The molecule has 1 heterocycles. The second-order valence-electron chi connectivity index (χ2n) is 5.59. The normalized spacial score (nSPS) is 19.7. The van der Waals surface area contributed by atoms with Crippen LogP contribution in [0, 0.1) is 0 Å². The molecule has 0 aromatic heterocycles. The van der Waals surface area contributed by atoms with E-state index in [1.54, 1.807) is 36.4 Å². The number of benzene rings is 2. The summed E-state index contributed by atoms with van der Waals surface area (Å²) in [5.74, 6) is -2.24. The fourth-order valence-corrected chi connectivity index (χ4v) is 2.99. The van der Waals surface area contributed by atoms with E-state index < -0.39 is 23.1 Å². The molecule has 1 atom stereocenters. The maximum absolute atomic E-state index is 12.5. The van der Waals surface area contributed by atoms with Gasteiger partial charge in [-0.1, -0.05) is 41.4 Å². The van der Waals surface area contributed by atoms with Gasteiger partial charge in [0.05, 0.1) is 0 Å².